The molecule has 4 heterocycles. The number of allylic oxidation sites excluding steroid dienone is 1. The highest BCUT2D eigenvalue weighted by Crippen LogP contribution is 2.34. The minimum absolute atomic E-state index is 0.0540. The number of rotatable bonds is 12. The van der Waals surface area contributed by atoms with Gasteiger partial charge < -0.3 is 34.9 Å². The number of fused-ring (bicyclic) bond motifs is 1. The number of ether oxygens (including phenoxy) is 2. The molecule has 0 saturated carbocycles. The maximum atomic E-state index is 13.6. The Hall–Kier alpha value is -5.20. The standard InChI is InChI=1S/C41H53N7O6/c1-24(2)35(45-40(51)53-5)38(49)47-19-7-9-33(47)32-21-27(23-42-32)12-11-26-13-15-28(16-14-26)29-17-18-30-31(22-29)44-37(43-30)34-10-8-20-48(34)39(50)36(25(3)4)46-41(52)54-6/h13-18,22-25,33-36H,7-12,19-21H2,1-6H3,(H,43,44)(H,45,51)(H,46,52)/t33-,34-,35-,36-/m0/s1. The molecule has 13 nitrogen and oxygen atoms in total. The Kier molecular flexibility index (Phi) is 12.0. The van der Waals surface area contributed by atoms with Gasteiger partial charge in [0.15, 0.2) is 0 Å². The second-order valence-electron chi connectivity index (χ2n) is 15.2. The van der Waals surface area contributed by atoms with E-state index in [9.17, 15) is 19.2 Å². The SMILES string of the molecule is COC(=O)N[C@H](C(=O)N1CCC[C@H]1C1=NC=C(CCc2ccc(-c3ccc4nc([C@@H]5CCCN5C(=O)[C@@H](NC(=O)OC)C(C)C)[nH]c4c3)cc2)C1)C(C)C. The molecule has 1 aromatic heterocycles. The lowest BCUT2D eigenvalue weighted by Crippen LogP contribution is -2.53. The molecule has 6 rings (SSSR count). The highest BCUT2D eigenvalue weighted by molar-refractivity contribution is 5.98. The van der Waals surface area contributed by atoms with Gasteiger partial charge in [-0.3, -0.25) is 14.6 Å². The molecular formula is C41H53N7O6. The highest BCUT2D eigenvalue weighted by Gasteiger charge is 2.39. The maximum absolute atomic E-state index is 13.6. The zero-order chi connectivity index (χ0) is 38.5. The minimum atomic E-state index is -0.681. The summed E-state index contributed by atoms with van der Waals surface area (Å²) in [5, 5.41) is 5.42. The molecule has 288 valence electrons. The molecule has 3 aliphatic heterocycles. The van der Waals surface area contributed by atoms with Crippen LogP contribution in [0.2, 0.25) is 0 Å². The number of benzene rings is 2. The molecular weight excluding hydrogens is 686 g/mol. The summed E-state index contributed by atoms with van der Waals surface area (Å²) in [7, 11) is 2.60. The predicted molar refractivity (Wildman–Crippen MR) is 207 cm³/mol. The fourth-order valence-electron chi connectivity index (χ4n) is 7.84. The van der Waals surface area contributed by atoms with Crippen molar-refractivity contribution in [3.63, 3.8) is 0 Å². The van der Waals surface area contributed by atoms with Crippen LogP contribution in [0, 0.1) is 11.8 Å². The van der Waals surface area contributed by atoms with E-state index in [0.29, 0.717) is 13.1 Å². The minimum Gasteiger partial charge on any atom is -0.453 e. The lowest BCUT2D eigenvalue weighted by Gasteiger charge is -2.31. The third-order valence-electron chi connectivity index (χ3n) is 10.9. The van der Waals surface area contributed by atoms with Gasteiger partial charge in [0.1, 0.15) is 17.9 Å². The summed E-state index contributed by atoms with van der Waals surface area (Å²) in [5.41, 5.74) is 7.42. The van der Waals surface area contributed by atoms with Crippen LogP contribution in [-0.4, -0.2) is 94.9 Å². The number of nitrogens with zero attached hydrogens (tertiary/aromatic N) is 4. The van der Waals surface area contributed by atoms with Crippen molar-refractivity contribution < 1.29 is 28.7 Å². The number of alkyl carbamates (subject to hydrolysis) is 2. The molecule has 4 amide bonds. The van der Waals surface area contributed by atoms with Crippen LogP contribution in [0.5, 0.6) is 0 Å². The van der Waals surface area contributed by atoms with E-state index >= 15 is 0 Å². The second kappa shape index (κ2) is 16.9. The Bertz CT molecular complexity index is 1920. The Balaban J connectivity index is 1.05. The van der Waals surface area contributed by atoms with Crippen LogP contribution in [0.4, 0.5) is 9.59 Å². The molecule has 2 saturated heterocycles. The second-order valence-corrected chi connectivity index (χ2v) is 15.2. The van der Waals surface area contributed by atoms with E-state index in [4.69, 9.17) is 19.5 Å². The number of nitrogens with one attached hydrogen (secondary N) is 3. The molecule has 4 atom stereocenters. The molecule has 0 radical (unpaired) electrons. The van der Waals surface area contributed by atoms with Gasteiger partial charge in [-0.05, 0) is 84.8 Å². The smallest absolute Gasteiger partial charge is 0.407 e. The van der Waals surface area contributed by atoms with Gasteiger partial charge >= 0.3 is 12.2 Å². The molecule has 2 aromatic carbocycles. The van der Waals surface area contributed by atoms with Crippen molar-refractivity contribution in [2.75, 3.05) is 27.3 Å². The van der Waals surface area contributed by atoms with Gasteiger partial charge in [0.25, 0.3) is 0 Å². The number of aromatic nitrogens is 2. The van der Waals surface area contributed by atoms with Crippen LogP contribution in [0.25, 0.3) is 22.2 Å². The first-order valence-corrected chi connectivity index (χ1v) is 19.1. The van der Waals surface area contributed by atoms with Gasteiger partial charge in [-0.2, -0.15) is 0 Å². The fourth-order valence-corrected chi connectivity index (χ4v) is 7.84. The molecule has 3 N–H and O–H groups in total. The molecule has 2 fully saturated rings. The summed E-state index contributed by atoms with van der Waals surface area (Å²) < 4.78 is 9.53. The lowest BCUT2D eigenvalue weighted by atomic mass is 9.97. The number of hydrogen-bond donors (Lipinski definition) is 3. The molecule has 3 aromatic rings. The van der Waals surface area contributed by atoms with Crippen molar-refractivity contribution in [2.45, 2.75) is 96.8 Å². The zero-order valence-electron chi connectivity index (χ0n) is 32.2. The Labute approximate surface area is 316 Å². The van der Waals surface area contributed by atoms with Crippen LogP contribution >= 0.6 is 0 Å². The summed E-state index contributed by atoms with van der Waals surface area (Å²) >= 11 is 0. The Morgan fingerprint density at radius 2 is 1.37 bits per heavy atom. The van der Waals surface area contributed by atoms with E-state index in [0.717, 1.165) is 78.6 Å². The molecule has 54 heavy (non-hydrogen) atoms. The van der Waals surface area contributed by atoms with E-state index in [1.807, 2.05) is 49.8 Å². The average Bonchev–Trinajstić information content (AvgIpc) is 4.00. The topological polar surface area (TPSA) is 158 Å². The van der Waals surface area contributed by atoms with E-state index in [1.54, 1.807) is 0 Å². The number of amides is 4. The lowest BCUT2D eigenvalue weighted by molar-refractivity contribution is -0.135. The number of aliphatic imine (C=N–C) groups is 1. The third-order valence-corrected chi connectivity index (χ3v) is 10.9. The fraction of sp³-hybridized carbons (Fsp3) is 0.512. The van der Waals surface area contributed by atoms with E-state index in [-0.39, 0.29) is 35.7 Å². The summed E-state index contributed by atoms with van der Waals surface area (Å²) in [4.78, 5) is 67.8. The van der Waals surface area contributed by atoms with Gasteiger partial charge in [0, 0.05) is 31.4 Å². The average molecular weight is 740 g/mol. The van der Waals surface area contributed by atoms with Crippen LogP contribution in [0.3, 0.4) is 0 Å². The number of aromatic amines is 1. The summed E-state index contributed by atoms with van der Waals surface area (Å²) in [6.45, 7) is 8.92. The summed E-state index contributed by atoms with van der Waals surface area (Å²) in [6.07, 6.45) is 6.69. The van der Waals surface area contributed by atoms with Crippen molar-refractivity contribution in [3.8, 4) is 11.1 Å². The maximum Gasteiger partial charge on any atom is 0.407 e. The summed E-state index contributed by atoms with van der Waals surface area (Å²) in [5.74, 6) is 0.368. The third kappa shape index (κ3) is 8.45. The number of methoxy groups -OCH3 is 2. The number of aryl methyl sites for hydroxylation is 1. The van der Waals surface area contributed by atoms with Crippen molar-refractivity contribution in [1.82, 2.24) is 30.4 Å². The monoisotopic (exact) mass is 739 g/mol. The highest BCUT2D eigenvalue weighted by atomic mass is 16.5. The van der Waals surface area contributed by atoms with E-state index in [2.05, 4.69) is 52.0 Å². The van der Waals surface area contributed by atoms with Gasteiger partial charge in [-0.15, -0.1) is 0 Å². The van der Waals surface area contributed by atoms with Crippen LogP contribution in [0.1, 0.15) is 83.6 Å². The van der Waals surface area contributed by atoms with Crippen LogP contribution < -0.4 is 10.6 Å². The first-order chi connectivity index (χ1) is 26.0. The number of hydrogen-bond acceptors (Lipinski definition) is 8. The van der Waals surface area contributed by atoms with Crippen molar-refractivity contribution in [3.05, 3.63) is 65.6 Å². The van der Waals surface area contributed by atoms with Crippen molar-refractivity contribution in [1.29, 1.82) is 0 Å². The van der Waals surface area contributed by atoms with Gasteiger partial charge in [-0.1, -0.05) is 58.0 Å². The van der Waals surface area contributed by atoms with Crippen molar-refractivity contribution in [2.24, 2.45) is 16.8 Å². The zero-order valence-corrected chi connectivity index (χ0v) is 32.2. The van der Waals surface area contributed by atoms with Crippen LogP contribution in [-0.2, 0) is 25.5 Å². The number of carbonyl (C=O) groups is 4. The van der Waals surface area contributed by atoms with E-state index < -0.39 is 24.3 Å². The van der Waals surface area contributed by atoms with Gasteiger partial charge in [0.2, 0.25) is 11.8 Å². The Morgan fingerprint density at radius 1 is 0.796 bits per heavy atom. The predicted octanol–water partition coefficient (Wildman–Crippen LogP) is 6.31. The largest absolute Gasteiger partial charge is 0.453 e. The number of carbonyl (C=O) groups excluding carboxylic acids is 4. The quantitative estimate of drug-likeness (QED) is 0.197. The molecule has 3 aliphatic rings. The normalized spacial score (nSPS) is 19.6. The van der Waals surface area contributed by atoms with Crippen molar-refractivity contribution >= 4 is 40.7 Å². The summed E-state index contributed by atoms with van der Waals surface area (Å²) in [6, 6.07) is 13.2. The van der Waals surface area contributed by atoms with Gasteiger partial charge in [-0.25, -0.2) is 14.6 Å². The first-order valence-electron chi connectivity index (χ1n) is 19.1. The molecule has 0 bridgehead atoms. The molecule has 0 unspecified atom stereocenters. The van der Waals surface area contributed by atoms with Gasteiger partial charge in [0.05, 0.1) is 37.3 Å². The molecule has 0 spiro atoms. The Morgan fingerprint density at radius 3 is 1.96 bits per heavy atom. The number of H-pyrrole nitrogens is 1. The first kappa shape index (κ1) is 38.5. The number of imidazole rings is 1. The van der Waals surface area contributed by atoms with E-state index in [1.165, 1.54) is 25.4 Å². The molecule has 13 heteroatoms. The van der Waals surface area contributed by atoms with Crippen LogP contribution in [0.15, 0.2) is 59.2 Å². The molecule has 0 aliphatic carbocycles. The number of likely N-dealkylation sites (tertiary alicyclic amines) is 2.